The first-order valence-corrected chi connectivity index (χ1v) is 7.41. The zero-order chi connectivity index (χ0) is 15.2. The molecule has 1 aromatic carbocycles. The van der Waals surface area contributed by atoms with Gasteiger partial charge in [-0.15, -0.1) is 0 Å². The van der Waals surface area contributed by atoms with Gasteiger partial charge in [0.2, 0.25) is 0 Å². The van der Waals surface area contributed by atoms with Crippen molar-refractivity contribution >= 4 is 0 Å². The van der Waals surface area contributed by atoms with E-state index in [2.05, 4.69) is 36.1 Å². The Balaban J connectivity index is 2.28. The van der Waals surface area contributed by atoms with Crippen LogP contribution < -0.4 is 10.1 Å². The van der Waals surface area contributed by atoms with Crippen LogP contribution >= 0.6 is 0 Å². The monoisotopic (exact) mass is 285 g/mol. The van der Waals surface area contributed by atoms with Gasteiger partial charge in [0.05, 0.1) is 6.20 Å². The molecule has 1 N–H and O–H groups in total. The van der Waals surface area contributed by atoms with Crippen molar-refractivity contribution in [2.24, 2.45) is 0 Å². The number of nitrogens with one attached hydrogen (secondary N) is 1. The lowest BCUT2D eigenvalue weighted by Gasteiger charge is -2.13. The van der Waals surface area contributed by atoms with E-state index in [4.69, 9.17) is 4.74 Å². The molecule has 0 atom stereocenters. The number of ether oxygens (including phenoxy) is 1. The molecule has 1 aromatic heterocycles. The second-order valence-electron chi connectivity index (χ2n) is 5.39. The third-order valence-corrected chi connectivity index (χ3v) is 3.12. The fraction of sp³-hybridized carbons (Fsp3) is 0.412. The first-order chi connectivity index (χ1) is 10.1. The highest BCUT2D eigenvalue weighted by Crippen LogP contribution is 2.25. The third-order valence-electron chi connectivity index (χ3n) is 3.12. The van der Waals surface area contributed by atoms with Gasteiger partial charge >= 0.3 is 0 Å². The van der Waals surface area contributed by atoms with Gasteiger partial charge in [-0.05, 0) is 31.2 Å². The molecule has 2 rings (SSSR count). The van der Waals surface area contributed by atoms with Gasteiger partial charge in [0.15, 0.2) is 5.75 Å². The molecule has 21 heavy (non-hydrogen) atoms. The Morgan fingerprint density at radius 3 is 2.76 bits per heavy atom. The molecule has 0 spiro atoms. The standard InChI is InChI=1S/C17H23N3O/c1-5-18-10-15-16(11-19-17(20-15)12(2)3)21-14-8-6-7-13(4)9-14/h6-9,11-12,18H,5,10H2,1-4H3. The Morgan fingerprint density at radius 1 is 1.29 bits per heavy atom. The van der Waals surface area contributed by atoms with Crippen molar-refractivity contribution in [2.45, 2.75) is 40.2 Å². The molecule has 0 aliphatic rings. The molecule has 0 radical (unpaired) electrons. The summed E-state index contributed by atoms with van der Waals surface area (Å²) in [5.41, 5.74) is 2.07. The van der Waals surface area contributed by atoms with Crippen LogP contribution in [0.4, 0.5) is 0 Å². The molecule has 4 nitrogen and oxygen atoms in total. The van der Waals surface area contributed by atoms with E-state index in [1.807, 2.05) is 31.2 Å². The third kappa shape index (κ3) is 4.26. The predicted octanol–water partition coefficient (Wildman–Crippen LogP) is 3.81. The van der Waals surface area contributed by atoms with Gasteiger partial charge in [0.1, 0.15) is 17.3 Å². The Morgan fingerprint density at radius 2 is 2.10 bits per heavy atom. The first-order valence-electron chi connectivity index (χ1n) is 7.41. The number of hydrogen-bond acceptors (Lipinski definition) is 4. The molecule has 0 aliphatic carbocycles. The predicted molar refractivity (Wildman–Crippen MR) is 84.8 cm³/mol. The summed E-state index contributed by atoms with van der Waals surface area (Å²) in [6, 6.07) is 7.98. The molecule has 0 saturated carbocycles. The van der Waals surface area contributed by atoms with Gasteiger partial charge in [0.25, 0.3) is 0 Å². The fourth-order valence-corrected chi connectivity index (χ4v) is 1.96. The van der Waals surface area contributed by atoms with E-state index in [0.717, 1.165) is 23.8 Å². The molecule has 0 aliphatic heterocycles. The van der Waals surface area contributed by atoms with E-state index in [0.29, 0.717) is 18.2 Å². The van der Waals surface area contributed by atoms with Crippen LogP contribution in [0.15, 0.2) is 30.5 Å². The van der Waals surface area contributed by atoms with E-state index in [1.54, 1.807) is 6.20 Å². The lowest BCUT2D eigenvalue weighted by molar-refractivity contribution is 0.463. The van der Waals surface area contributed by atoms with Crippen LogP contribution in [0.5, 0.6) is 11.5 Å². The largest absolute Gasteiger partial charge is 0.454 e. The number of aryl methyl sites for hydroxylation is 1. The van der Waals surface area contributed by atoms with Crippen LogP contribution in [0.1, 0.15) is 43.8 Å². The summed E-state index contributed by atoms with van der Waals surface area (Å²) in [6.45, 7) is 9.88. The second kappa shape index (κ2) is 7.18. The summed E-state index contributed by atoms with van der Waals surface area (Å²) in [4.78, 5) is 9.03. The summed E-state index contributed by atoms with van der Waals surface area (Å²) in [7, 11) is 0. The quantitative estimate of drug-likeness (QED) is 0.876. The molecule has 0 fully saturated rings. The summed E-state index contributed by atoms with van der Waals surface area (Å²) in [5, 5.41) is 3.30. The van der Waals surface area contributed by atoms with Crippen molar-refractivity contribution in [1.29, 1.82) is 0 Å². The van der Waals surface area contributed by atoms with Crippen LogP contribution in [0, 0.1) is 6.92 Å². The smallest absolute Gasteiger partial charge is 0.168 e. The minimum Gasteiger partial charge on any atom is -0.454 e. The van der Waals surface area contributed by atoms with Gasteiger partial charge in [0, 0.05) is 12.5 Å². The molecule has 0 amide bonds. The fourth-order valence-electron chi connectivity index (χ4n) is 1.96. The topological polar surface area (TPSA) is 47.0 Å². The average Bonchev–Trinajstić information content (AvgIpc) is 2.46. The Hall–Kier alpha value is -1.94. The lowest BCUT2D eigenvalue weighted by atomic mass is 10.2. The molecule has 0 unspecified atom stereocenters. The Labute approximate surface area is 126 Å². The number of aromatic nitrogens is 2. The van der Waals surface area contributed by atoms with Crippen LogP contribution in [0.3, 0.4) is 0 Å². The van der Waals surface area contributed by atoms with Crippen molar-refractivity contribution in [3.05, 3.63) is 47.5 Å². The van der Waals surface area contributed by atoms with Crippen LogP contribution in [-0.2, 0) is 6.54 Å². The summed E-state index contributed by atoms with van der Waals surface area (Å²) in [5.74, 6) is 2.68. The van der Waals surface area contributed by atoms with Crippen molar-refractivity contribution < 1.29 is 4.74 Å². The molecular weight excluding hydrogens is 262 g/mol. The lowest BCUT2D eigenvalue weighted by Crippen LogP contribution is -2.15. The maximum Gasteiger partial charge on any atom is 0.168 e. The van der Waals surface area contributed by atoms with E-state index in [9.17, 15) is 0 Å². The summed E-state index contributed by atoms with van der Waals surface area (Å²) >= 11 is 0. The summed E-state index contributed by atoms with van der Waals surface area (Å²) < 4.78 is 5.96. The average molecular weight is 285 g/mol. The van der Waals surface area contributed by atoms with E-state index in [1.165, 1.54) is 5.56 Å². The van der Waals surface area contributed by atoms with Gasteiger partial charge in [-0.3, -0.25) is 0 Å². The Bertz CT molecular complexity index is 596. The number of rotatable bonds is 6. The maximum absolute atomic E-state index is 5.96. The highest BCUT2D eigenvalue weighted by atomic mass is 16.5. The molecule has 112 valence electrons. The number of hydrogen-bond donors (Lipinski definition) is 1. The van der Waals surface area contributed by atoms with Crippen LogP contribution in [0.2, 0.25) is 0 Å². The minimum absolute atomic E-state index is 0.304. The first kappa shape index (κ1) is 15.4. The van der Waals surface area contributed by atoms with Crippen LogP contribution in [-0.4, -0.2) is 16.5 Å². The van der Waals surface area contributed by atoms with Crippen LogP contribution in [0.25, 0.3) is 0 Å². The molecule has 0 bridgehead atoms. The molecular formula is C17H23N3O. The molecule has 0 saturated heterocycles. The SMILES string of the molecule is CCNCc1nc(C(C)C)ncc1Oc1cccc(C)c1. The highest BCUT2D eigenvalue weighted by Gasteiger charge is 2.11. The molecule has 2 aromatic rings. The van der Waals surface area contributed by atoms with E-state index < -0.39 is 0 Å². The summed E-state index contributed by atoms with van der Waals surface area (Å²) in [6.07, 6.45) is 1.78. The van der Waals surface area contributed by atoms with Crippen molar-refractivity contribution in [3.63, 3.8) is 0 Å². The van der Waals surface area contributed by atoms with Gasteiger partial charge in [-0.25, -0.2) is 9.97 Å². The molecule has 1 heterocycles. The van der Waals surface area contributed by atoms with Gasteiger partial charge in [-0.2, -0.15) is 0 Å². The Kier molecular flexibility index (Phi) is 5.28. The number of benzene rings is 1. The van der Waals surface area contributed by atoms with Crippen molar-refractivity contribution in [2.75, 3.05) is 6.54 Å². The normalized spacial score (nSPS) is 10.9. The maximum atomic E-state index is 5.96. The molecule has 4 heteroatoms. The zero-order valence-corrected chi connectivity index (χ0v) is 13.2. The second-order valence-corrected chi connectivity index (χ2v) is 5.39. The zero-order valence-electron chi connectivity index (χ0n) is 13.2. The van der Waals surface area contributed by atoms with Crippen molar-refractivity contribution in [3.8, 4) is 11.5 Å². The van der Waals surface area contributed by atoms with E-state index in [-0.39, 0.29) is 0 Å². The highest BCUT2D eigenvalue weighted by molar-refractivity contribution is 5.35. The van der Waals surface area contributed by atoms with E-state index >= 15 is 0 Å². The number of nitrogens with zero attached hydrogens (tertiary/aromatic N) is 2. The van der Waals surface area contributed by atoms with Crippen molar-refractivity contribution in [1.82, 2.24) is 15.3 Å². The minimum atomic E-state index is 0.304. The van der Waals surface area contributed by atoms with Gasteiger partial charge in [-0.1, -0.05) is 32.9 Å². The van der Waals surface area contributed by atoms with Gasteiger partial charge < -0.3 is 10.1 Å².